The Hall–Kier alpha value is -1.29. The largest absolute Gasteiger partial charge is 0.368 e. The lowest BCUT2D eigenvalue weighted by atomic mass is 10.3. The standard InChI is InChI=1S/C10H17N3O/c1-3-13-5-4-9(7-13)6-12-8(2)10(11)14/h4-5,7-8,12H,3,6H2,1-2H3,(H2,11,14). The maximum atomic E-state index is 10.7. The van der Waals surface area contributed by atoms with E-state index >= 15 is 0 Å². The number of carbonyl (C=O) groups excluding carboxylic acids is 1. The van der Waals surface area contributed by atoms with E-state index < -0.39 is 0 Å². The van der Waals surface area contributed by atoms with Gasteiger partial charge in [-0.15, -0.1) is 0 Å². The van der Waals surface area contributed by atoms with Crippen LogP contribution in [-0.4, -0.2) is 16.5 Å². The van der Waals surface area contributed by atoms with Gasteiger partial charge in [-0.05, 0) is 25.5 Å². The van der Waals surface area contributed by atoms with Crippen molar-refractivity contribution in [3.63, 3.8) is 0 Å². The Morgan fingerprint density at radius 1 is 1.71 bits per heavy atom. The van der Waals surface area contributed by atoms with E-state index in [1.165, 1.54) is 5.56 Å². The Balaban J connectivity index is 2.41. The first-order valence-corrected chi connectivity index (χ1v) is 4.81. The van der Waals surface area contributed by atoms with Crippen LogP contribution in [0.4, 0.5) is 0 Å². The third-order valence-corrected chi connectivity index (χ3v) is 2.22. The molecule has 4 heteroatoms. The van der Waals surface area contributed by atoms with Gasteiger partial charge < -0.3 is 15.6 Å². The number of rotatable bonds is 5. The third-order valence-electron chi connectivity index (χ3n) is 2.22. The molecule has 78 valence electrons. The fraction of sp³-hybridized carbons (Fsp3) is 0.500. The van der Waals surface area contributed by atoms with Crippen molar-refractivity contribution in [2.75, 3.05) is 0 Å². The summed E-state index contributed by atoms with van der Waals surface area (Å²) in [6, 6.07) is 1.75. The van der Waals surface area contributed by atoms with E-state index in [0.717, 1.165) is 6.54 Å². The quantitative estimate of drug-likeness (QED) is 0.717. The topological polar surface area (TPSA) is 60.1 Å². The Labute approximate surface area is 84.1 Å². The van der Waals surface area contributed by atoms with Crippen molar-refractivity contribution in [1.82, 2.24) is 9.88 Å². The minimum Gasteiger partial charge on any atom is -0.368 e. The molecule has 0 saturated carbocycles. The number of nitrogens with one attached hydrogen (secondary N) is 1. The molecular formula is C10H17N3O. The Morgan fingerprint density at radius 3 is 2.93 bits per heavy atom. The van der Waals surface area contributed by atoms with E-state index in [2.05, 4.69) is 23.0 Å². The molecule has 0 aromatic carbocycles. The van der Waals surface area contributed by atoms with Crippen LogP contribution in [0.3, 0.4) is 0 Å². The van der Waals surface area contributed by atoms with Crippen LogP contribution >= 0.6 is 0 Å². The van der Waals surface area contributed by atoms with E-state index in [1.807, 2.05) is 12.3 Å². The first-order chi connectivity index (χ1) is 6.63. The number of hydrogen-bond acceptors (Lipinski definition) is 2. The summed E-state index contributed by atoms with van der Waals surface area (Å²) >= 11 is 0. The van der Waals surface area contributed by atoms with Crippen LogP contribution in [0.25, 0.3) is 0 Å². The van der Waals surface area contributed by atoms with Crippen molar-refractivity contribution in [2.45, 2.75) is 33.0 Å². The van der Waals surface area contributed by atoms with Gasteiger partial charge in [0.1, 0.15) is 0 Å². The highest BCUT2D eigenvalue weighted by Gasteiger charge is 2.06. The molecule has 1 aromatic rings. The van der Waals surface area contributed by atoms with E-state index in [1.54, 1.807) is 6.92 Å². The van der Waals surface area contributed by atoms with Gasteiger partial charge in [0, 0.05) is 25.5 Å². The summed E-state index contributed by atoms with van der Waals surface area (Å²) in [5.41, 5.74) is 6.29. The molecule has 1 aromatic heterocycles. The number of nitrogens with zero attached hydrogens (tertiary/aromatic N) is 1. The average molecular weight is 195 g/mol. The van der Waals surface area contributed by atoms with Gasteiger partial charge in [0.2, 0.25) is 5.91 Å². The summed E-state index contributed by atoms with van der Waals surface area (Å²) in [6.45, 7) is 5.49. The van der Waals surface area contributed by atoms with Crippen LogP contribution in [0, 0.1) is 0 Å². The van der Waals surface area contributed by atoms with Gasteiger partial charge in [0.25, 0.3) is 0 Å². The molecule has 0 spiro atoms. The Morgan fingerprint density at radius 2 is 2.43 bits per heavy atom. The van der Waals surface area contributed by atoms with E-state index in [-0.39, 0.29) is 11.9 Å². The number of carbonyl (C=O) groups is 1. The molecule has 0 bridgehead atoms. The van der Waals surface area contributed by atoms with Gasteiger partial charge in [0.05, 0.1) is 6.04 Å². The summed E-state index contributed by atoms with van der Waals surface area (Å²) in [4.78, 5) is 10.7. The molecule has 0 aliphatic carbocycles. The van der Waals surface area contributed by atoms with Crippen molar-refractivity contribution in [3.8, 4) is 0 Å². The number of hydrogen-bond donors (Lipinski definition) is 2. The summed E-state index contributed by atoms with van der Waals surface area (Å²) < 4.78 is 2.09. The van der Waals surface area contributed by atoms with Gasteiger partial charge in [-0.3, -0.25) is 4.79 Å². The van der Waals surface area contributed by atoms with Crippen molar-refractivity contribution in [3.05, 3.63) is 24.0 Å². The van der Waals surface area contributed by atoms with Crippen molar-refractivity contribution in [1.29, 1.82) is 0 Å². The summed E-state index contributed by atoms with van der Waals surface area (Å²) in [5, 5.41) is 3.05. The first kappa shape index (κ1) is 10.8. The van der Waals surface area contributed by atoms with Crippen LogP contribution in [0.15, 0.2) is 18.5 Å². The molecule has 3 N–H and O–H groups in total. The molecule has 1 heterocycles. The van der Waals surface area contributed by atoms with Gasteiger partial charge >= 0.3 is 0 Å². The monoisotopic (exact) mass is 195 g/mol. The first-order valence-electron chi connectivity index (χ1n) is 4.81. The molecule has 1 unspecified atom stereocenters. The number of nitrogens with two attached hydrogens (primary N) is 1. The Bertz CT molecular complexity index is 306. The van der Waals surface area contributed by atoms with Crippen molar-refractivity contribution < 1.29 is 4.79 Å². The molecule has 1 amide bonds. The number of aromatic nitrogens is 1. The average Bonchev–Trinajstić information content (AvgIpc) is 2.61. The molecule has 0 aliphatic rings. The fourth-order valence-corrected chi connectivity index (χ4v) is 1.16. The Kier molecular flexibility index (Phi) is 3.71. The second-order valence-electron chi connectivity index (χ2n) is 3.36. The van der Waals surface area contributed by atoms with Gasteiger partial charge in [0.15, 0.2) is 0 Å². The number of amides is 1. The highest BCUT2D eigenvalue weighted by atomic mass is 16.1. The van der Waals surface area contributed by atoms with Crippen LogP contribution < -0.4 is 11.1 Å². The van der Waals surface area contributed by atoms with E-state index in [9.17, 15) is 4.79 Å². The maximum absolute atomic E-state index is 10.7. The second-order valence-corrected chi connectivity index (χ2v) is 3.36. The zero-order valence-electron chi connectivity index (χ0n) is 8.66. The normalized spacial score (nSPS) is 12.7. The lowest BCUT2D eigenvalue weighted by molar-refractivity contribution is -0.119. The molecule has 1 rings (SSSR count). The molecule has 4 nitrogen and oxygen atoms in total. The molecule has 14 heavy (non-hydrogen) atoms. The second kappa shape index (κ2) is 4.81. The predicted octanol–water partition coefficient (Wildman–Crippen LogP) is 0.471. The summed E-state index contributed by atoms with van der Waals surface area (Å²) in [5.74, 6) is -0.320. The lowest BCUT2D eigenvalue weighted by Crippen LogP contribution is -2.38. The van der Waals surface area contributed by atoms with Crippen molar-refractivity contribution in [2.24, 2.45) is 5.73 Å². The van der Waals surface area contributed by atoms with E-state index in [0.29, 0.717) is 6.54 Å². The smallest absolute Gasteiger partial charge is 0.234 e. The predicted molar refractivity (Wildman–Crippen MR) is 55.6 cm³/mol. The zero-order chi connectivity index (χ0) is 10.6. The lowest BCUT2D eigenvalue weighted by Gasteiger charge is -2.08. The third kappa shape index (κ3) is 2.88. The molecule has 0 fully saturated rings. The van der Waals surface area contributed by atoms with Crippen molar-refractivity contribution >= 4 is 5.91 Å². The summed E-state index contributed by atoms with van der Waals surface area (Å²) in [6.07, 6.45) is 4.08. The maximum Gasteiger partial charge on any atom is 0.234 e. The van der Waals surface area contributed by atoms with Gasteiger partial charge in [-0.25, -0.2) is 0 Å². The molecule has 0 saturated heterocycles. The zero-order valence-corrected chi connectivity index (χ0v) is 8.66. The van der Waals surface area contributed by atoms with Crippen LogP contribution in [-0.2, 0) is 17.9 Å². The highest BCUT2D eigenvalue weighted by Crippen LogP contribution is 2.00. The molecule has 0 aliphatic heterocycles. The minimum absolute atomic E-state index is 0.278. The fourth-order valence-electron chi connectivity index (χ4n) is 1.16. The van der Waals surface area contributed by atoms with Gasteiger partial charge in [-0.1, -0.05) is 0 Å². The SMILES string of the molecule is CCn1ccc(CNC(C)C(N)=O)c1. The molecule has 0 radical (unpaired) electrons. The van der Waals surface area contributed by atoms with E-state index in [4.69, 9.17) is 5.73 Å². The highest BCUT2D eigenvalue weighted by molar-refractivity contribution is 5.79. The molecular weight excluding hydrogens is 178 g/mol. The van der Waals surface area contributed by atoms with Crippen LogP contribution in [0.5, 0.6) is 0 Å². The minimum atomic E-state index is -0.320. The summed E-state index contributed by atoms with van der Waals surface area (Å²) in [7, 11) is 0. The van der Waals surface area contributed by atoms with Crippen LogP contribution in [0.1, 0.15) is 19.4 Å². The molecule has 1 atom stereocenters. The number of primary amides is 1. The van der Waals surface area contributed by atoms with Gasteiger partial charge in [-0.2, -0.15) is 0 Å². The van der Waals surface area contributed by atoms with Crippen LogP contribution in [0.2, 0.25) is 0 Å². The number of aryl methyl sites for hydroxylation is 1.